The fraction of sp³-hybridized carbons (Fsp3) is 0.641. The number of aryl methyl sites for hydroxylation is 2. The summed E-state index contributed by atoms with van der Waals surface area (Å²) in [5.41, 5.74) is 18.6. The number of anilines is 2. The Kier molecular flexibility index (Phi) is 7.74. The van der Waals surface area contributed by atoms with Crippen LogP contribution < -0.4 is 16.8 Å². The molecule has 4 aliphatic carbocycles. The van der Waals surface area contributed by atoms with Crippen molar-refractivity contribution in [3.8, 4) is 0 Å². The van der Waals surface area contributed by atoms with Crippen molar-refractivity contribution in [3.05, 3.63) is 58.7 Å². The summed E-state index contributed by atoms with van der Waals surface area (Å²) in [4.78, 5) is 29.5. The maximum Gasteiger partial charge on any atom is 0.240 e. The minimum atomic E-state index is -0.571. The van der Waals surface area contributed by atoms with Crippen molar-refractivity contribution in [2.24, 2.45) is 27.9 Å². The molecule has 0 aromatic heterocycles. The van der Waals surface area contributed by atoms with E-state index < -0.39 is 11.5 Å². The van der Waals surface area contributed by atoms with Crippen LogP contribution in [0.4, 0.5) is 11.4 Å². The molecule has 2 saturated carbocycles. The zero-order valence-corrected chi connectivity index (χ0v) is 28.8. The highest BCUT2D eigenvalue weighted by atomic mass is 16.2. The summed E-state index contributed by atoms with van der Waals surface area (Å²) in [7, 11) is 2.08. The van der Waals surface area contributed by atoms with Crippen LogP contribution in [0.2, 0.25) is 0 Å². The second-order valence-electron chi connectivity index (χ2n) is 16.6. The first-order valence-electron chi connectivity index (χ1n) is 17.4. The molecule has 5 N–H and O–H groups in total. The summed E-state index contributed by atoms with van der Waals surface area (Å²) in [5.74, 6) is 0.630. The van der Waals surface area contributed by atoms with Crippen molar-refractivity contribution < 1.29 is 9.59 Å². The second-order valence-corrected chi connectivity index (χ2v) is 16.6. The number of rotatable bonds is 5. The highest BCUT2D eigenvalue weighted by molar-refractivity contribution is 5.94. The van der Waals surface area contributed by atoms with Crippen molar-refractivity contribution in [1.82, 2.24) is 4.90 Å². The Morgan fingerprint density at radius 1 is 0.911 bits per heavy atom. The monoisotopic (exact) mass is 612 g/mol. The molecule has 0 spiro atoms. The molecule has 6 heteroatoms. The number of nitrogen functional groups attached to an aromatic ring is 1. The number of carbonyl (C=O) groups excluding carboxylic acids is 2. The zero-order valence-electron chi connectivity index (χ0n) is 28.8. The van der Waals surface area contributed by atoms with Crippen molar-refractivity contribution in [2.45, 2.75) is 123 Å². The smallest absolute Gasteiger partial charge is 0.240 e. The van der Waals surface area contributed by atoms with Gasteiger partial charge in [0.05, 0.1) is 11.5 Å². The van der Waals surface area contributed by atoms with E-state index in [2.05, 4.69) is 82.2 Å². The van der Waals surface area contributed by atoms with Crippen molar-refractivity contribution in [3.63, 3.8) is 0 Å². The topological polar surface area (TPSA) is 101 Å². The molecule has 6 rings (SSSR count). The number of hydrogen-bond donors (Lipinski definition) is 3. The van der Waals surface area contributed by atoms with E-state index in [-0.39, 0.29) is 27.6 Å². The first-order chi connectivity index (χ1) is 21.1. The number of nitrogens with two attached hydrogens (primary N) is 2. The van der Waals surface area contributed by atoms with Gasteiger partial charge >= 0.3 is 0 Å². The number of fused-ring (bicyclic) bond motifs is 6. The van der Waals surface area contributed by atoms with Gasteiger partial charge in [0.2, 0.25) is 11.8 Å². The maximum absolute atomic E-state index is 15.0. The number of benzene rings is 2. The zero-order chi connectivity index (χ0) is 32.6. The number of nitrogens with one attached hydrogen (secondary N) is 1. The van der Waals surface area contributed by atoms with E-state index in [9.17, 15) is 9.59 Å². The fourth-order valence-electron chi connectivity index (χ4n) is 11.1. The molecular formula is C39H56N4O2. The van der Waals surface area contributed by atoms with Crippen LogP contribution in [0.5, 0.6) is 0 Å². The predicted molar refractivity (Wildman–Crippen MR) is 184 cm³/mol. The summed E-state index contributed by atoms with van der Waals surface area (Å²) in [6, 6.07) is 12.3. The van der Waals surface area contributed by atoms with Gasteiger partial charge in [-0.1, -0.05) is 59.6 Å². The summed E-state index contributed by atoms with van der Waals surface area (Å²) in [6.07, 6.45) is 10.6. The van der Waals surface area contributed by atoms with E-state index in [0.29, 0.717) is 11.8 Å². The van der Waals surface area contributed by atoms with Gasteiger partial charge in [-0.05, 0) is 132 Å². The van der Waals surface area contributed by atoms with Crippen LogP contribution in [0.3, 0.4) is 0 Å². The molecule has 244 valence electrons. The number of hydrogen-bond acceptors (Lipinski definition) is 4. The van der Waals surface area contributed by atoms with Crippen LogP contribution in [0.25, 0.3) is 0 Å². The Hall–Kier alpha value is -2.86. The molecule has 2 amide bonds. The van der Waals surface area contributed by atoms with Gasteiger partial charge in [-0.15, -0.1) is 0 Å². The quantitative estimate of drug-likeness (QED) is 0.313. The highest BCUT2D eigenvalue weighted by Gasteiger charge is 2.64. The standard InChI is InChI=1S/C39H56N4O2/c1-25(40)33(44)42-29-14-11-27-16-21-39(6)37(4,31(27)23-29)19-9-20-38(39,5)34(45)43(7)24-35(2)17-8-18-36(3)30-22-28(41)13-10-26(30)12-15-32(35)36/h10-11,13-14,22-23,25,32H,8-9,12,15-21,24,40-41H2,1-7H3,(H,42,44)/t25-,32-,35+,36+,37+,38+,39+/m0/s1. The van der Waals surface area contributed by atoms with E-state index in [4.69, 9.17) is 11.5 Å². The maximum atomic E-state index is 15.0. The summed E-state index contributed by atoms with van der Waals surface area (Å²) >= 11 is 0. The third-order valence-corrected chi connectivity index (χ3v) is 14.0. The molecule has 0 unspecified atom stereocenters. The van der Waals surface area contributed by atoms with Gasteiger partial charge in [0.15, 0.2) is 0 Å². The molecule has 6 nitrogen and oxygen atoms in total. The van der Waals surface area contributed by atoms with Gasteiger partial charge in [0.25, 0.3) is 0 Å². The normalized spacial score (nSPS) is 36.0. The lowest BCUT2D eigenvalue weighted by Gasteiger charge is -2.63. The SMILES string of the molecule is C[C@H](N)C(=O)Nc1ccc2c(c1)[C@@]1(C)CCC[C@](C)(C(=O)N(C)C[C@@]3(C)CCC[C@]4(C)c5cc(N)ccc5CC[C@@H]34)[C@]1(C)CC2. The Labute approximate surface area is 271 Å². The van der Waals surface area contributed by atoms with E-state index >= 15 is 0 Å². The Balaban J connectivity index is 1.29. The summed E-state index contributed by atoms with van der Waals surface area (Å²) in [6.45, 7) is 14.5. The molecule has 2 aromatic carbocycles. The predicted octanol–water partition coefficient (Wildman–Crippen LogP) is 7.12. The lowest BCUT2D eigenvalue weighted by atomic mass is 9.41. The molecule has 7 atom stereocenters. The minimum absolute atomic E-state index is 0.0430. The van der Waals surface area contributed by atoms with E-state index in [1.165, 1.54) is 35.1 Å². The van der Waals surface area contributed by atoms with Gasteiger partial charge in [-0.3, -0.25) is 9.59 Å². The van der Waals surface area contributed by atoms with Crippen LogP contribution in [-0.2, 0) is 33.3 Å². The number of nitrogens with zero attached hydrogens (tertiary/aromatic N) is 1. The molecule has 2 fully saturated rings. The Morgan fingerprint density at radius 3 is 2.33 bits per heavy atom. The Morgan fingerprint density at radius 2 is 1.60 bits per heavy atom. The van der Waals surface area contributed by atoms with Crippen molar-refractivity contribution in [2.75, 3.05) is 24.6 Å². The second kappa shape index (κ2) is 10.9. The molecule has 2 aromatic rings. The first kappa shape index (κ1) is 32.1. The van der Waals surface area contributed by atoms with Crippen molar-refractivity contribution in [1.29, 1.82) is 0 Å². The number of carbonyl (C=O) groups is 2. The van der Waals surface area contributed by atoms with Gasteiger partial charge < -0.3 is 21.7 Å². The van der Waals surface area contributed by atoms with Crippen LogP contribution in [0.15, 0.2) is 36.4 Å². The van der Waals surface area contributed by atoms with Crippen LogP contribution in [0, 0.1) is 22.2 Å². The molecular weight excluding hydrogens is 556 g/mol. The van der Waals surface area contributed by atoms with Crippen LogP contribution in [0.1, 0.15) is 115 Å². The summed E-state index contributed by atoms with van der Waals surface area (Å²) < 4.78 is 0. The van der Waals surface area contributed by atoms with Gasteiger partial charge in [-0.25, -0.2) is 0 Å². The van der Waals surface area contributed by atoms with E-state index in [1.807, 2.05) is 6.07 Å². The molecule has 0 aliphatic heterocycles. The van der Waals surface area contributed by atoms with Crippen LogP contribution in [-0.4, -0.2) is 36.3 Å². The van der Waals surface area contributed by atoms with E-state index in [1.54, 1.807) is 6.92 Å². The fourth-order valence-corrected chi connectivity index (χ4v) is 11.1. The van der Waals surface area contributed by atoms with Gasteiger partial charge in [-0.2, -0.15) is 0 Å². The number of amides is 2. The largest absolute Gasteiger partial charge is 0.399 e. The lowest BCUT2D eigenvalue weighted by molar-refractivity contribution is -0.163. The van der Waals surface area contributed by atoms with Crippen molar-refractivity contribution >= 4 is 23.2 Å². The summed E-state index contributed by atoms with van der Waals surface area (Å²) in [5, 5.41) is 3.02. The highest BCUT2D eigenvalue weighted by Crippen LogP contribution is 2.66. The average molecular weight is 613 g/mol. The first-order valence-corrected chi connectivity index (χ1v) is 17.4. The van der Waals surface area contributed by atoms with Crippen LogP contribution >= 0.6 is 0 Å². The molecule has 0 saturated heterocycles. The molecule has 4 aliphatic rings. The minimum Gasteiger partial charge on any atom is -0.399 e. The lowest BCUT2D eigenvalue weighted by Crippen LogP contribution is -2.63. The molecule has 0 heterocycles. The molecule has 0 bridgehead atoms. The van der Waals surface area contributed by atoms with E-state index in [0.717, 1.165) is 69.3 Å². The average Bonchev–Trinajstić information content (AvgIpc) is 2.98. The molecule has 45 heavy (non-hydrogen) atoms. The Bertz CT molecular complexity index is 1520. The third-order valence-electron chi connectivity index (χ3n) is 14.0. The van der Waals surface area contributed by atoms with Gasteiger partial charge in [0, 0.05) is 25.0 Å². The van der Waals surface area contributed by atoms with Gasteiger partial charge in [0.1, 0.15) is 0 Å². The molecule has 0 radical (unpaired) electrons. The third kappa shape index (κ3) is 4.75.